The van der Waals surface area contributed by atoms with Crippen LogP contribution < -0.4 is 5.73 Å². The zero-order valence-electron chi connectivity index (χ0n) is 11.5. The highest BCUT2D eigenvalue weighted by Gasteiger charge is 2.38. The van der Waals surface area contributed by atoms with Gasteiger partial charge in [-0.2, -0.15) is 0 Å². The number of nitrogens with two attached hydrogens (primary N) is 1. The van der Waals surface area contributed by atoms with Gasteiger partial charge in [0.25, 0.3) is 0 Å². The largest absolute Gasteiger partial charge is 0.384 e. The van der Waals surface area contributed by atoms with Gasteiger partial charge in [-0.3, -0.25) is 4.90 Å². The van der Waals surface area contributed by atoms with Crippen LogP contribution in [0.4, 0.5) is 0 Å². The minimum Gasteiger partial charge on any atom is -0.384 e. The van der Waals surface area contributed by atoms with Gasteiger partial charge in [-0.15, -0.1) is 0 Å². The van der Waals surface area contributed by atoms with Crippen LogP contribution in [0.25, 0.3) is 0 Å². The average molecular weight is 240 g/mol. The van der Waals surface area contributed by atoms with Crippen molar-refractivity contribution in [3.05, 3.63) is 0 Å². The molecule has 0 radical (unpaired) electrons. The molecule has 2 rings (SSSR count). The zero-order chi connectivity index (χ0) is 12.3. The lowest BCUT2D eigenvalue weighted by molar-refractivity contribution is 0.0355. The number of piperidine rings is 1. The summed E-state index contributed by atoms with van der Waals surface area (Å²) < 4.78 is 5.26. The highest BCUT2D eigenvalue weighted by molar-refractivity contribution is 4.94. The van der Waals surface area contributed by atoms with E-state index in [0.717, 1.165) is 25.0 Å². The molecule has 100 valence electrons. The van der Waals surface area contributed by atoms with E-state index < -0.39 is 0 Å². The summed E-state index contributed by atoms with van der Waals surface area (Å²) in [6.07, 6.45) is 6.70. The quantitative estimate of drug-likeness (QED) is 0.770. The summed E-state index contributed by atoms with van der Waals surface area (Å²) in [4.78, 5) is 2.64. The van der Waals surface area contributed by atoms with Crippen molar-refractivity contribution in [2.75, 3.05) is 33.4 Å². The van der Waals surface area contributed by atoms with Crippen molar-refractivity contribution >= 4 is 0 Å². The van der Waals surface area contributed by atoms with Crippen molar-refractivity contribution in [1.82, 2.24) is 4.90 Å². The lowest BCUT2D eigenvalue weighted by Crippen LogP contribution is -2.54. The van der Waals surface area contributed by atoms with E-state index in [0.29, 0.717) is 0 Å². The minimum absolute atomic E-state index is 0.249. The summed E-state index contributed by atoms with van der Waals surface area (Å²) in [6, 6.07) is 0. The smallest absolute Gasteiger partial charge is 0.0491 e. The van der Waals surface area contributed by atoms with Crippen LogP contribution in [0.3, 0.4) is 0 Å². The Hall–Kier alpha value is -0.120. The zero-order valence-corrected chi connectivity index (χ0v) is 11.5. The van der Waals surface area contributed by atoms with E-state index >= 15 is 0 Å². The van der Waals surface area contributed by atoms with E-state index in [1.165, 1.54) is 45.2 Å². The van der Waals surface area contributed by atoms with E-state index in [1.807, 2.05) is 7.11 Å². The number of hydrogen-bond acceptors (Lipinski definition) is 3. The molecule has 0 aromatic carbocycles. The Balaban J connectivity index is 1.84. The van der Waals surface area contributed by atoms with Gasteiger partial charge in [0.05, 0.1) is 0 Å². The molecular formula is C14H28N2O. The number of likely N-dealkylation sites (tertiary alicyclic amines) is 1. The first kappa shape index (κ1) is 13.3. The monoisotopic (exact) mass is 240 g/mol. The van der Waals surface area contributed by atoms with Gasteiger partial charge >= 0.3 is 0 Å². The fraction of sp³-hybridized carbons (Fsp3) is 1.00. The normalized spacial score (nSPS) is 27.0. The Morgan fingerprint density at radius 3 is 2.29 bits per heavy atom. The van der Waals surface area contributed by atoms with Crippen molar-refractivity contribution < 1.29 is 4.74 Å². The molecule has 3 heteroatoms. The molecule has 0 bridgehead atoms. The number of hydrogen-bond donors (Lipinski definition) is 1. The second kappa shape index (κ2) is 5.68. The van der Waals surface area contributed by atoms with E-state index in [9.17, 15) is 0 Å². The van der Waals surface area contributed by atoms with Crippen LogP contribution in [0, 0.1) is 11.8 Å². The Kier molecular flexibility index (Phi) is 4.45. The van der Waals surface area contributed by atoms with Gasteiger partial charge in [-0.25, -0.2) is 0 Å². The van der Waals surface area contributed by atoms with Crippen LogP contribution in [0.2, 0.25) is 0 Å². The summed E-state index contributed by atoms with van der Waals surface area (Å²) in [6.45, 7) is 6.50. The number of nitrogens with zero attached hydrogens (tertiary/aromatic N) is 1. The first-order valence-corrected chi connectivity index (χ1v) is 7.12. The molecule has 2 fully saturated rings. The Morgan fingerprint density at radius 2 is 1.82 bits per heavy atom. The Bertz CT molecular complexity index is 234. The van der Waals surface area contributed by atoms with Crippen LogP contribution >= 0.6 is 0 Å². The molecule has 0 aromatic heterocycles. The van der Waals surface area contributed by atoms with Crippen molar-refractivity contribution in [1.29, 1.82) is 0 Å². The third-order valence-electron chi connectivity index (χ3n) is 4.65. The van der Waals surface area contributed by atoms with Gasteiger partial charge in [0.15, 0.2) is 0 Å². The fourth-order valence-corrected chi connectivity index (χ4v) is 3.16. The first-order valence-electron chi connectivity index (χ1n) is 7.12. The van der Waals surface area contributed by atoms with Crippen LogP contribution in [0.15, 0.2) is 0 Å². The third-order valence-corrected chi connectivity index (χ3v) is 4.65. The first-order chi connectivity index (χ1) is 8.18. The standard InChI is InChI=1S/C14H28N2O/c1-14(11-15,9-12-3-4-12)16-7-5-13(6-8-16)10-17-2/h12-13H,3-11,15H2,1-2H3. The highest BCUT2D eigenvalue weighted by Crippen LogP contribution is 2.39. The average Bonchev–Trinajstić information content (AvgIpc) is 3.14. The van der Waals surface area contributed by atoms with E-state index in [2.05, 4.69) is 11.8 Å². The molecule has 2 N–H and O–H groups in total. The van der Waals surface area contributed by atoms with Gasteiger partial charge in [-0.05, 0) is 51.1 Å². The topological polar surface area (TPSA) is 38.5 Å². The fourth-order valence-electron chi connectivity index (χ4n) is 3.16. The predicted octanol–water partition coefficient (Wildman–Crippen LogP) is 1.86. The summed E-state index contributed by atoms with van der Waals surface area (Å²) >= 11 is 0. The van der Waals surface area contributed by atoms with Crippen molar-refractivity contribution in [3.63, 3.8) is 0 Å². The molecule has 1 atom stereocenters. The molecule has 1 saturated carbocycles. The molecule has 2 aliphatic rings. The molecule has 0 amide bonds. The second-order valence-corrected chi connectivity index (χ2v) is 6.23. The van der Waals surface area contributed by atoms with E-state index in [1.54, 1.807) is 0 Å². The predicted molar refractivity (Wildman–Crippen MR) is 71.0 cm³/mol. The van der Waals surface area contributed by atoms with Gasteiger partial charge < -0.3 is 10.5 Å². The number of methoxy groups -OCH3 is 1. The summed E-state index contributed by atoms with van der Waals surface area (Å²) in [5.41, 5.74) is 6.29. The van der Waals surface area contributed by atoms with Crippen LogP contribution in [-0.4, -0.2) is 43.8 Å². The van der Waals surface area contributed by atoms with E-state index in [4.69, 9.17) is 10.5 Å². The molecule has 1 saturated heterocycles. The molecule has 3 nitrogen and oxygen atoms in total. The van der Waals surface area contributed by atoms with Crippen LogP contribution in [0.5, 0.6) is 0 Å². The van der Waals surface area contributed by atoms with Crippen LogP contribution in [0.1, 0.15) is 39.0 Å². The Morgan fingerprint density at radius 1 is 1.18 bits per heavy atom. The van der Waals surface area contributed by atoms with Gasteiger partial charge in [0, 0.05) is 25.8 Å². The molecule has 1 aliphatic carbocycles. The summed E-state index contributed by atoms with van der Waals surface area (Å²) in [5.74, 6) is 1.72. The Labute approximate surface area is 106 Å². The van der Waals surface area contributed by atoms with Crippen LogP contribution in [-0.2, 0) is 4.74 Å². The SMILES string of the molecule is COCC1CCN(C(C)(CN)CC2CC2)CC1. The lowest BCUT2D eigenvalue weighted by Gasteiger charge is -2.44. The summed E-state index contributed by atoms with van der Waals surface area (Å²) in [7, 11) is 1.81. The van der Waals surface area contributed by atoms with E-state index in [-0.39, 0.29) is 5.54 Å². The maximum Gasteiger partial charge on any atom is 0.0491 e. The highest BCUT2D eigenvalue weighted by atomic mass is 16.5. The third kappa shape index (κ3) is 3.43. The maximum atomic E-state index is 6.04. The van der Waals surface area contributed by atoms with Gasteiger partial charge in [0.2, 0.25) is 0 Å². The molecule has 1 aliphatic heterocycles. The van der Waals surface area contributed by atoms with Crippen molar-refractivity contribution in [2.45, 2.75) is 44.6 Å². The number of rotatable bonds is 6. The number of ether oxygens (including phenoxy) is 1. The molecule has 17 heavy (non-hydrogen) atoms. The van der Waals surface area contributed by atoms with Crippen molar-refractivity contribution in [2.24, 2.45) is 17.6 Å². The molecule has 1 heterocycles. The molecule has 1 unspecified atom stereocenters. The molecular weight excluding hydrogens is 212 g/mol. The van der Waals surface area contributed by atoms with Gasteiger partial charge in [0.1, 0.15) is 0 Å². The molecule has 0 spiro atoms. The summed E-state index contributed by atoms with van der Waals surface area (Å²) in [5, 5.41) is 0. The second-order valence-electron chi connectivity index (χ2n) is 6.23. The lowest BCUT2D eigenvalue weighted by atomic mass is 9.88. The van der Waals surface area contributed by atoms with Gasteiger partial charge in [-0.1, -0.05) is 12.8 Å². The minimum atomic E-state index is 0.249. The maximum absolute atomic E-state index is 6.04. The molecule has 0 aromatic rings. The van der Waals surface area contributed by atoms with Crippen molar-refractivity contribution in [3.8, 4) is 0 Å².